The Labute approximate surface area is 126 Å². The number of nitrogens with zero attached hydrogens (tertiary/aromatic N) is 2. The summed E-state index contributed by atoms with van der Waals surface area (Å²) in [5.74, 6) is 2.97. The van der Waals surface area contributed by atoms with Crippen LogP contribution >= 0.6 is 22.6 Å². The standard InChI is InChI=1S/C14H16IN3O/c1-3-12-17-13(16-4-2)9-14(18-12)19-11-8-6-5-7-10(11)15/h5-9H,3-4H2,1-2H3,(H,16,17,18). The minimum atomic E-state index is 0.576. The number of nitrogens with one attached hydrogen (secondary N) is 1. The van der Waals surface area contributed by atoms with Crippen molar-refractivity contribution in [1.82, 2.24) is 9.97 Å². The lowest BCUT2D eigenvalue weighted by Gasteiger charge is -2.10. The number of rotatable bonds is 5. The Bertz CT molecular complexity index is 560. The molecule has 0 radical (unpaired) electrons. The molecule has 0 amide bonds. The van der Waals surface area contributed by atoms with Gasteiger partial charge in [0.25, 0.3) is 0 Å². The van der Waals surface area contributed by atoms with Gasteiger partial charge in [-0.25, -0.2) is 4.98 Å². The second kappa shape index (κ2) is 6.70. The number of ether oxygens (including phenoxy) is 1. The van der Waals surface area contributed by atoms with E-state index in [9.17, 15) is 0 Å². The van der Waals surface area contributed by atoms with Gasteiger partial charge in [-0.1, -0.05) is 19.1 Å². The van der Waals surface area contributed by atoms with E-state index in [0.717, 1.165) is 33.9 Å². The number of halogens is 1. The highest BCUT2D eigenvalue weighted by Gasteiger charge is 2.07. The maximum Gasteiger partial charge on any atom is 0.224 e. The summed E-state index contributed by atoms with van der Waals surface area (Å²) in [6.07, 6.45) is 0.779. The van der Waals surface area contributed by atoms with Gasteiger partial charge in [0.2, 0.25) is 5.88 Å². The van der Waals surface area contributed by atoms with Crippen LogP contribution in [-0.4, -0.2) is 16.5 Å². The maximum atomic E-state index is 5.84. The smallest absolute Gasteiger partial charge is 0.224 e. The number of aryl methyl sites for hydroxylation is 1. The average Bonchev–Trinajstić information content (AvgIpc) is 2.41. The van der Waals surface area contributed by atoms with Crippen molar-refractivity contribution in [2.24, 2.45) is 0 Å². The molecule has 0 aliphatic rings. The third-order valence-electron chi connectivity index (χ3n) is 2.47. The van der Waals surface area contributed by atoms with Crippen LogP contribution in [0.1, 0.15) is 19.7 Å². The number of para-hydroxylation sites is 1. The third-order valence-corrected chi connectivity index (χ3v) is 3.37. The molecule has 0 aliphatic carbocycles. The van der Waals surface area contributed by atoms with E-state index in [0.29, 0.717) is 5.88 Å². The largest absolute Gasteiger partial charge is 0.438 e. The van der Waals surface area contributed by atoms with Gasteiger partial charge in [-0.05, 0) is 41.6 Å². The highest BCUT2D eigenvalue weighted by Crippen LogP contribution is 2.26. The molecule has 5 heteroatoms. The van der Waals surface area contributed by atoms with Gasteiger partial charge in [0.05, 0.1) is 3.57 Å². The second-order valence-corrected chi connectivity index (χ2v) is 5.09. The average molecular weight is 369 g/mol. The molecule has 1 aromatic carbocycles. The lowest BCUT2D eigenvalue weighted by atomic mass is 10.3. The van der Waals surface area contributed by atoms with E-state index < -0.39 is 0 Å². The molecule has 0 bridgehead atoms. The van der Waals surface area contributed by atoms with Crippen LogP contribution < -0.4 is 10.1 Å². The number of hydrogen-bond acceptors (Lipinski definition) is 4. The van der Waals surface area contributed by atoms with Gasteiger partial charge in [0.15, 0.2) is 0 Å². The molecule has 0 fully saturated rings. The zero-order valence-corrected chi connectivity index (χ0v) is 13.1. The number of aromatic nitrogens is 2. The quantitative estimate of drug-likeness (QED) is 0.813. The number of hydrogen-bond donors (Lipinski definition) is 1. The van der Waals surface area contributed by atoms with Gasteiger partial charge in [0, 0.05) is 19.0 Å². The molecular weight excluding hydrogens is 353 g/mol. The van der Waals surface area contributed by atoms with Gasteiger partial charge in [-0.2, -0.15) is 4.98 Å². The summed E-state index contributed by atoms with van der Waals surface area (Å²) < 4.78 is 6.90. The topological polar surface area (TPSA) is 47.0 Å². The number of benzene rings is 1. The van der Waals surface area contributed by atoms with E-state index in [1.54, 1.807) is 0 Å². The predicted octanol–water partition coefficient (Wildman–Crippen LogP) is 3.87. The van der Waals surface area contributed by atoms with Crippen LogP contribution in [0.25, 0.3) is 0 Å². The van der Waals surface area contributed by atoms with Gasteiger partial charge in [-0.15, -0.1) is 0 Å². The predicted molar refractivity (Wildman–Crippen MR) is 84.8 cm³/mol. The van der Waals surface area contributed by atoms with E-state index in [2.05, 4.69) is 37.9 Å². The van der Waals surface area contributed by atoms with Crippen molar-refractivity contribution in [3.05, 3.63) is 39.7 Å². The van der Waals surface area contributed by atoms with Crippen LogP contribution in [0.15, 0.2) is 30.3 Å². The highest BCUT2D eigenvalue weighted by molar-refractivity contribution is 14.1. The van der Waals surface area contributed by atoms with Crippen LogP contribution in [0.3, 0.4) is 0 Å². The van der Waals surface area contributed by atoms with Crippen LogP contribution in [-0.2, 0) is 6.42 Å². The first-order valence-corrected chi connectivity index (χ1v) is 7.35. The monoisotopic (exact) mass is 369 g/mol. The van der Waals surface area contributed by atoms with Crippen LogP contribution in [0, 0.1) is 3.57 Å². The van der Waals surface area contributed by atoms with Gasteiger partial charge in [0.1, 0.15) is 17.4 Å². The molecule has 2 aromatic rings. The molecular formula is C14H16IN3O. The minimum absolute atomic E-state index is 0.576. The third kappa shape index (κ3) is 3.79. The van der Waals surface area contributed by atoms with Crippen molar-refractivity contribution in [3.63, 3.8) is 0 Å². The first-order valence-electron chi connectivity index (χ1n) is 6.27. The molecule has 0 spiro atoms. The molecule has 0 saturated carbocycles. The molecule has 4 nitrogen and oxygen atoms in total. The Balaban J connectivity index is 2.29. The molecule has 0 aliphatic heterocycles. The highest BCUT2D eigenvalue weighted by atomic mass is 127. The molecule has 0 saturated heterocycles. The first kappa shape index (κ1) is 14.0. The fourth-order valence-electron chi connectivity index (χ4n) is 1.59. The Morgan fingerprint density at radius 2 is 2.00 bits per heavy atom. The molecule has 100 valence electrons. The van der Waals surface area contributed by atoms with Crippen molar-refractivity contribution in [2.45, 2.75) is 20.3 Å². The summed E-state index contributed by atoms with van der Waals surface area (Å²) in [5, 5.41) is 3.19. The zero-order valence-electron chi connectivity index (χ0n) is 11.0. The van der Waals surface area contributed by atoms with Crippen molar-refractivity contribution < 1.29 is 4.74 Å². The van der Waals surface area contributed by atoms with Gasteiger partial charge >= 0.3 is 0 Å². The summed E-state index contributed by atoms with van der Waals surface area (Å²) in [6, 6.07) is 9.69. The van der Waals surface area contributed by atoms with Crippen LogP contribution in [0.2, 0.25) is 0 Å². The first-order chi connectivity index (χ1) is 9.22. The van der Waals surface area contributed by atoms with Crippen molar-refractivity contribution in [3.8, 4) is 11.6 Å². The lowest BCUT2D eigenvalue weighted by Crippen LogP contribution is -2.04. The minimum Gasteiger partial charge on any atom is -0.438 e. The fraction of sp³-hybridized carbons (Fsp3) is 0.286. The Morgan fingerprint density at radius 1 is 1.21 bits per heavy atom. The van der Waals surface area contributed by atoms with Crippen molar-refractivity contribution >= 4 is 28.4 Å². The molecule has 0 atom stereocenters. The summed E-state index contributed by atoms with van der Waals surface area (Å²) >= 11 is 2.25. The Kier molecular flexibility index (Phi) is 4.95. The van der Waals surface area contributed by atoms with E-state index in [1.807, 2.05) is 44.2 Å². The Morgan fingerprint density at radius 3 is 2.68 bits per heavy atom. The van der Waals surface area contributed by atoms with E-state index in [-0.39, 0.29) is 0 Å². The molecule has 0 unspecified atom stereocenters. The maximum absolute atomic E-state index is 5.84. The van der Waals surface area contributed by atoms with Crippen LogP contribution in [0.4, 0.5) is 5.82 Å². The second-order valence-electron chi connectivity index (χ2n) is 3.92. The van der Waals surface area contributed by atoms with Crippen LogP contribution in [0.5, 0.6) is 11.6 Å². The SMILES string of the molecule is CCNc1cc(Oc2ccccc2I)nc(CC)n1. The molecule has 1 aromatic heterocycles. The van der Waals surface area contributed by atoms with Crippen molar-refractivity contribution in [2.75, 3.05) is 11.9 Å². The lowest BCUT2D eigenvalue weighted by molar-refractivity contribution is 0.456. The number of anilines is 1. The molecule has 1 N–H and O–H groups in total. The van der Waals surface area contributed by atoms with E-state index >= 15 is 0 Å². The van der Waals surface area contributed by atoms with Crippen molar-refractivity contribution in [1.29, 1.82) is 0 Å². The zero-order chi connectivity index (χ0) is 13.7. The van der Waals surface area contributed by atoms with Gasteiger partial charge in [-0.3, -0.25) is 0 Å². The van der Waals surface area contributed by atoms with Gasteiger partial charge < -0.3 is 10.1 Å². The summed E-state index contributed by atoms with van der Waals surface area (Å²) in [5.41, 5.74) is 0. The normalized spacial score (nSPS) is 10.3. The van der Waals surface area contributed by atoms with E-state index in [4.69, 9.17) is 4.74 Å². The fourth-order valence-corrected chi connectivity index (χ4v) is 2.09. The Hall–Kier alpha value is -1.37. The molecule has 19 heavy (non-hydrogen) atoms. The summed E-state index contributed by atoms with van der Waals surface area (Å²) in [4.78, 5) is 8.80. The molecule has 2 rings (SSSR count). The summed E-state index contributed by atoms with van der Waals surface area (Å²) in [7, 11) is 0. The van der Waals surface area contributed by atoms with E-state index in [1.165, 1.54) is 0 Å². The molecule has 1 heterocycles. The summed E-state index contributed by atoms with van der Waals surface area (Å²) in [6.45, 7) is 4.89.